The molecule has 2 aliphatic heterocycles. The number of benzene rings is 1. The Balaban J connectivity index is 1.29. The van der Waals surface area contributed by atoms with E-state index in [0.29, 0.717) is 32.4 Å². The smallest absolute Gasteiger partial charge is 0.222 e. The zero-order valence-corrected chi connectivity index (χ0v) is 18.2. The lowest BCUT2D eigenvalue weighted by Gasteiger charge is -2.34. The lowest BCUT2D eigenvalue weighted by molar-refractivity contribution is -0.136. The lowest BCUT2D eigenvalue weighted by Crippen LogP contribution is -2.46. The van der Waals surface area contributed by atoms with Gasteiger partial charge in [0.15, 0.2) is 0 Å². The predicted molar refractivity (Wildman–Crippen MR) is 118 cm³/mol. The second-order valence-electron chi connectivity index (χ2n) is 8.49. The Kier molecular flexibility index (Phi) is 6.85. The number of nitrogens with zero attached hydrogens (tertiary/aromatic N) is 1. The van der Waals surface area contributed by atoms with Crippen LogP contribution in [0.5, 0.6) is 0 Å². The third-order valence-corrected chi connectivity index (χ3v) is 7.08. The van der Waals surface area contributed by atoms with Crippen molar-refractivity contribution >= 4 is 23.2 Å². The Morgan fingerprint density at radius 1 is 1.23 bits per heavy atom. The molecule has 1 N–H and O–H groups in total. The van der Waals surface area contributed by atoms with Crippen LogP contribution in [-0.2, 0) is 27.4 Å². The van der Waals surface area contributed by atoms with Crippen molar-refractivity contribution in [3.63, 3.8) is 0 Å². The predicted octanol–water partition coefficient (Wildman–Crippen LogP) is 3.93. The first-order valence-corrected chi connectivity index (χ1v) is 11.8. The molecule has 2 fully saturated rings. The van der Waals surface area contributed by atoms with Crippen LogP contribution in [0.1, 0.15) is 49.0 Å². The third-order valence-electron chi connectivity index (χ3n) is 6.20. The quantitative estimate of drug-likeness (QED) is 0.696. The zero-order valence-electron chi connectivity index (χ0n) is 17.3. The molecule has 30 heavy (non-hydrogen) atoms. The molecule has 0 radical (unpaired) electrons. The van der Waals surface area contributed by atoms with Crippen LogP contribution >= 0.6 is 11.3 Å². The van der Waals surface area contributed by atoms with Crippen LogP contribution in [0.4, 0.5) is 0 Å². The maximum absolute atomic E-state index is 13.0. The second kappa shape index (κ2) is 9.75. The van der Waals surface area contributed by atoms with Crippen LogP contribution in [0.3, 0.4) is 0 Å². The molecule has 2 aliphatic rings. The monoisotopic (exact) mass is 426 g/mol. The van der Waals surface area contributed by atoms with Crippen LogP contribution in [0.15, 0.2) is 47.8 Å². The Morgan fingerprint density at radius 2 is 2.10 bits per heavy atom. The first-order chi connectivity index (χ1) is 14.6. The van der Waals surface area contributed by atoms with Gasteiger partial charge in [0.05, 0.1) is 12.7 Å². The Morgan fingerprint density at radius 3 is 2.83 bits per heavy atom. The average molecular weight is 427 g/mol. The molecule has 2 aromatic rings. The van der Waals surface area contributed by atoms with Crippen molar-refractivity contribution in [1.29, 1.82) is 0 Å². The Bertz CT molecular complexity index is 839. The van der Waals surface area contributed by atoms with Gasteiger partial charge in [-0.3, -0.25) is 9.59 Å². The number of thiophene rings is 1. The normalized spacial score (nSPS) is 24.1. The molecule has 0 aliphatic carbocycles. The first-order valence-electron chi connectivity index (χ1n) is 10.9. The number of piperidine rings is 1. The standard InChI is InChI=1S/C24H30N2O3S/c27-22-10-12-24(25-22,16-21-9-5-15-30-21)13-11-23(28)26-14-4-8-20(17-26)29-18-19-6-2-1-3-7-19/h1-3,5-7,9,15,20H,4,8,10-14,16-18H2,(H,25,27)/t20-,24+/m0/s1. The first kappa shape index (κ1) is 21.1. The van der Waals surface area contributed by atoms with Gasteiger partial charge in [0.2, 0.25) is 11.8 Å². The van der Waals surface area contributed by atoms with E-state index in [1.54, 1.807) is 11.3 Å². The van der Waals surface area contributed by atoms with Crippen LogP contribution in [0.2, 0.25) is 0 Å². The fourth-order valence-electron chi connectivity index (χ4n) is 4.52. The van der Waals surface area contributed by atoms with Gasteiger partial charge in [0, 0.05) is 42.8 Å². The fraction of sp³-hybridized carbons (Fsp3) is 0.500. The van der Waals surface area contributed by atoms with E-state index in [-0.39, 0.29) is 23.5 Å². The number of ether oxygens (including phenoxy) is 1. The molecule has 0 spiro atoms. The van der Waals surface area contributed by atoms with Gasteiger partial charge in [-0.05, 0) is 42.7 Å². The highest BCUT2D eigenvalue weighted by Crippen LogP contribution is 2.31. The molecule has 5 nitrogen and oxygen atoms in total. The summed E-state index contributed by atoms with van der Waals surface area (Å²) in [6, 6.07) is 14.3. The van der Waals surface area contributed by atoms with Gasteiger partial charge in [-0.25, -0.2) is 0 Å². The van der Waals surface area contributed by atoms with Gasteiger partial charge in [-0.2, -0.15) is 0 Å². The molecule has 1 aromatic heterocycles. The molecule has 6 heteroatoms. The van der Waals surface area contributed by atoms with Crippen molar-refractivity contribution in [2.75, 3.05) is 13.1 Å². The number of carbonyl (C=O) groups is 2. The fourth-order valence-corrected chi connectivity index (χ4v) is 5.37. The van der Waals surface area contributed by atoms with Crippen LogP contribution in [-0.4, -0.2) is 41.4 Å². The van der Waals surface area contributed by atoms with E-state index in [9.17, 15) is 9.59 Å². The highest BCUT2D eigenvalue weighted by Gasteiger charge is 2.38. The van der Waals surface area contributed by atoms with Gasteiger partial charge in [-0.1, -0.05) is 36.4 Å². The minimum Gasteiger partial charge on any atom is -0.372 e. The average Bonchev–Trinajstić information content (AvgIpc) is 3.41. The molecule has 0 bridgehead atoms. The highest BCUT2D eigenvalue weighted by molar-refractivity contribution is 7.09. The van der Waals surface area contributed by atoms with Crippen molar-refractivity contribution in [2.45, 2.75) is 63.2 Å². The largest absolute Gasteiger partial charge is 0.372 e. The van der Waals surface area contributed by atoms with Gasteiger partial charge < -0.3 is 15.0 Å². The van der Waals surface area contributed by atoms with E-state index in [2.05, 4.69) is 28.9 Å². The van der Waals surface area contributed by atoms with E-state index in [0.717, 1.165) is 37.8 Å². The Hall–Kier alpha value is -2.18. The van der Waals surface area contributed by atoms with Gasteiger partial charge in [0.1, 0.15) is 0 Å². The van der Waals surface area contributed by atoms with Crippen LogP contribution < -0.4 is 5.32 Å². The van der Waals surface area contributed by atoms with E-state index in [1.165, 1.54) is 4.88 Å². The van der Waals surface area contributed by atoms with E-state index in [1.807, 2.05) is 29.2 Å². The minimum absolute atomic E-state index is 0.0918. The zero-order chi connectivity index (χ0) is 20.8. The van der Waals surface area contributed by atoms with Crippen LogP contribution in [0, 0.1) is 0 Å². The molecule has 0 saturated carbocycles. The van der Waals surface area contributed by atoms with Crippen molar-refractivity contribution in [3.8, 4) is 0 Å². The summed E-state index contributed by atoms with van der Waals surface area (Å²) in [6.45, 7) is 2.05. The number of likely N-dealkylation sites (tertiary alicyclic amines) is 1. The number of carbonyl (C=O) groups excluding carboxylic acids is 2. The van der Waals surface area contributed by atoms with Crippen molar-refractivity contribution < 1.29 is 14.3 Å². The maximum atomic E-state index is 13.0. The van der Waals surface area contributed by atoms with Gasteiger partial charge >= 0.3 is 0 Å². The summed E-state index contributed by atoms with van der Waals surface area (Å²) in [4.78, 5) is 28.1. The molecule has 2 amide bonds. The Labute approximate surface area is 182 Å². The summed E-state index contributed by atoms with van der Waals surface area (Å²) in [6.07, 6.45) is 5.40. The summed E-state index contributed by atoms with van der Waals surface area (Å²) in [5.41, 5.74) is 0.879. The number of nitrogens with one attached hydrogen (secondary N) is 1. The summed E-state index contributed by atoms with van der Waals surface area (Å²) in [5.74, 6) is 0.279. The van der Waals surface area contributed by atoms with E-state index < -0.39 is 0 Å². The summed E-state index contributed by atoms with van der Waals surface area (Å²) < 4.78 is 6.08. The molecule has 0 unspecified atom stereocenters. The molecular formula is C24H30N2O3S. The molecule has 3 heterocycles. The van der Waals surface area contributed by atoms with Gasteiger partial charge in [-0.15, -0.1) is 11.3 Å². The number of amides is 2. The maximum Gasteiger partial charge on any atom is 0.222 e. The molecule has 1 aromatic carbocycles. The molecular weight excluding hydrogens is 396 g/mol. The van der Waals surface area contributed by atoms with E-state index >= 15 is 0 Å². The SMILES string of the molecule is O=C1CC[C@@](CCC(=O)N2CCC[C@H](OCc3ccccc3)C2)(Cc2cccs2)N1. The van der Waals surface area contributed by atoms with Crippen molar-refractivity contribution in [3.05, 3.63) is 58.3 Å². The summed E-state index contributed by atoms with van der Waals surface area (Å²) in [5, 5.41) is 5.25. The lowest BCUT2D eigenvalue weighted by atomic mass is 9.87. The number of hydrogen-bond donors (Lipinski definition) is 1. The minimum atomic E-state index is -0.281. The second-order valence-corrected chi connectivity index (χ2v) is 9.52. The van der Waals surface area contributed by atoms with Gasteiger partial charge in [0.25, 0.3) is 0 Å². The topological polar surface area (TPSA) is 58.6 Å². The molecule has 2 atom stereocenters. The molecule has 2 saturated heterocycles. The number of rotatable bonds is 8. The van der Waals surface area contributed by atoms with Crippen LogP contribution in [0.25, 0.3) is 0 Å². The number of hydrogen-bond acceptors (Lipinski definition) is 4. The summed E-state index contributed by atoms with van der Waals surface area (Å²) in [7, 11) is 0. The molecule has 160 valence electrons. The van der Waals surface area contributed by atoms with Crippen molar-refractivity contribution in [2.24, 2.45) is 0 Å². The summed E-state index contributed by atoms with van der Waals surface area (Å²) >= 11 is 1.71. The van der Waals surface area contributed by atoms with E-state index in [4.69, 9.17) is 4.74 Å². The molecule has 4 rings (SSSR count). The van der Waals surface area contributed by atoms with Crippen molar-refractivity contribution in [1.82, 2.24) is 10.2 Å². The highest BCUT2D eigenvalue weighted by atomic mass is 32.1. The third kappa shape index (κ3) is 5.49.